The fourth-order valence-electron chi connectivity index (χ4n) is 4.22. The number of imide groups is 1. The van der Waals surface area contributed by atoms with Crippen molar-refractivity contribution >= 4 is 29.4 Å². The van der Waals surface area contributed by atoms with Crippen molar-refractivity contribution in [2.75, 3.05) is 11.9 Å². The Balaban J connectivity index is 1.39. The van der Waals surface area contributed by atoms with Crippen LogP contribution in [0.4, 0.5) is 5.69 Å². The summed E-state index contributed by atoms with van der Waals surface area (Å²) >= 11 is 0. The minimum atomic E-state index is -0.667. The minimum Gasteiger partial charge on any atom is -0.425 e. The number of nitrogens with one attached hydrogen (secondary N) is 1. The second-order valence-electron chi connectivity index (χ2n) is 6.94. The molecule has 1 saturated heterocycles. The molecular weight excluding hydrogens is 336 g/mol. The van der Waals surface area contributed by atoms with Gasteiger partial charge in [-0.1, -0.05) is 12.2 Å². The van der Waals surface area contributed by atoms with E-state index in [1.165, 1.54) is 19.1 Å². The number of esters is 1. The quantitative estimate of drug-likeness (QED) is 0.381. The van der Waals surface area contributed by atoms with Gasteiger partial charge in [0.2, 0.25) is 17.7 Å². The summed E-state index contributed by atoms with van der Waals surface area (Å²) in [5.41, 5.74) is 0.581. The molecule has 1 aromatic carbocycles. The normalized spacial score (nSPS) is 28.4. The number of likely N-dealkylation sites (tertiary alicyclic amines) is 1. The third-order valence-corrected chi connectivity index (χ3v) is 5.26. The predicted octanol–water partition coefficient (Wildman–Crippen LogP) is 1.36. The molecule has 3 aliphatic rings. The molecule has 0 spiro atoms. The van der Waals surface area contributed by atoms with E-state index in [2.05, 4.69) is 5.32 Å². The number of carbonyl (C=O) groups is 4. The summed E-state index contributed by atoms with van der Waals surface area (Å²) in [5.74, 6) is -1.53. The van der Waals surface area contributed by atoms with Crippen molar-refractivity contribution in [3.05, 3.63) is 36.4 Å². The van der Waals surface area contributed by atoms with E-state index in [0.717, 1.165) is 11.3 Å². The fraction of sp³-hybridized carbons (Fsp3) is 0.368. The third kappa shape index (κ3) is 2.69. The Morgan fingerprint density at radius 3 is 2.19 bits per heavy atom. The summed E-state index contributed by atoms with van der Waals surface area (Å²) in [7, 11) is 0. The Kier molecular flexibility index (Phi) is 3.86. The number of amides is 3. The topological polar surface area (TPSA) is 92.8 Å². The summed E-state index contributed by atoms with van der Waals surface area (Å²) in [4.78, 5) is 49.3. The molecule has 3 amide bonds. The van der Waals surface area contributed by atoms with Gasteiger partial charge in [0.1, 0.15) is 12.3 Å². The minimum absolute atomic E-state index is 0.115. The highest BCUT2D eigenvalue weighted by molar-refractivity contribution is 6.08. The molecule has 2 aliphatic carbocycles. The van der Waals surface area contributed by atoms with Crippen LogP contribution < -0.4 is 10.1 Å². The highest BCUT2D eigenvalue weighted by atomic mass is 16.5. The van der Waals surface area contributed by atoms with E-state index in [-0.39, 0.29) is 53.7 Å². The number of benzene rings is 1. The number of hydrogen-bond donors (Lipinski definition) is 1. The first kappa shape index (κ1) is 16.5. The van der Waals surface area contributed by atoms with Crippen molar-refractivity contribution in [1.29, 1.82) is 0 Å². The van der Waals surface area contributed by atoms with E-state index >= 15 is 0 Å². The zero-order valence-corrected chi connectivity index (χ0v) is 14.2. The first-order valence-corrected chi connectivity index (χ1v) is 8.56. The highest BCUT2D eigenvalue weighted by Crippen LogP contribution is 2.52. The molecule has 2 bridgehead atoms. The average molecular weight is 354 g/mol. The molecule has 7 nitrogen and oxygen atoms in total. The second-order valence-corrected chi connectivity index (χ2v) is 6.94. The van der Waals surface area contributed by atoms with Crippen molar-refractivity contribution in [2.24, 2.45) is 23.7 Å². The van der Waals surface area contributed by atoms with Crippen LogP contribution in [0, 0.1) is 23.7 Å². The van der Waals surface area contributed by atoms with Crippen LogP contribution >= 0.6 is 0 Å². The van der Waals surface area contributed by atoms with Crippen molar-refractivity contribution in [3.8, 4) is 5.75 Å². The monoisotopic (exact) mass is 354 g/mol. The van der Waals surface area contributed by atoms with Crippen molar-refractivity contribution < 1.29 is 23.9 Å². The van der Waals surface area contributed by atoms with Gasteiger partial charge in [0.25, 0.3) is 0 Å². The lowest BCUT2D eigenvalue weighted by molar-refractivity contribution is -0.148. The van der Waals surface area contributed by atoms with Crippen LogP contribution in [0.5, 0.6) is 5.75 Å². The lowest BCUT2D eigenvalue weighted by Crippen LogP contribution is -2.38. The van der Waals surface area contributed by atoms with Crippen LogP contribution in [-0.2, 0) is 19.2 Å². The SMILES string of the molecule is CC(=O)Nc1ccc(OC(=O)CN2C(=O)[C@@H]3[C@@H](C2=O)[C@H]2C=C[C@H]3C2)cc1. The lowest BCUT2D eigenvalue weighted by Gasteiger charge is -2.16. The van der Waals surface area contributed by atoms with Gasteiger partial charge >= 0.3 is 5.97 Å². The predicted molar refractivity (Wildman–Crippen MR) is 90.8 cm³/mol. The number of fused-ring (bicyclic) bond motifs is 5. The molecule has 1 N–H and O–H groups in total. The molecular formula is C19H18N2O5. The number of carbonyl (C=O) groups excluding carboxylic acids is 4. The zero-order chi connectivity index (χ0) is 18.4. The van der Waals surface area contributed by atoms with E-state index in [1.54, 1.807) is 12.1 Å². The summed E-state index contributed by atoms with van der Waals surface area (Å²) in [6, 6.07) is 6.28. The molecule has 1 heterocycles. The molecule has 1 aliphatic heterocycles. The number of anilines is 1. The van der Waals surface area contributed by atoms with Crippen LogP contribution in [0.15, 0.2) is 36.4 Å². The molecule has 26 heavy (non-hydrogen) atoms. The van der Waals surface area contributed by atoms with Crippen LogP contribution in [0.1, 0.15) is 13.3 Å². The number of allylic oxidation sites excluding steroid dienone is 2. The van der Waals surface area contributed by atoms with Crippen molar-refractivity contribution in [2.45, 2.75) is 13.3 Å². The maximum absolute atomic E-state index is 12.5. The maximum Gasteiger partial charge on any atom is 0.331 e. The van der Waals surface area contributed by atoms with Crippen LogP contribution in [0.25, 0.3) is 0 Å². The van der Waals surface area contributed by atoms with Gasteiger partial charge in [-0.25, -0.2) is 4.79 Å². The third-order valence-electron chi connectivity index (χ3n) is 5.26. The molecule has 0 aromatic heterocycles. The summed E-state index contributed by atoms with van der Waals surface area (Å²) in [6.07, 6.45) is 4.87. The van der Waals surface area contributed by atoms with Crippen LogP contribution in [0.3, 0.4) is 0 Å². The van der Waals surface area contributed by atoms with E-state index < -0.39 is 5.97 Å². The Hall–Kier alpha value is -2.96. The summed E-state index contributed by atoms with van der Waals surface area (Å²) in [6.45, 7) is 1.02. The molecule has 7 heteroatoms. The standard InChI is InChI=1S/C19H18N2O5/c1-10(22)20-13-4-6-14(7-5-13)26-15(23)9-21-18(24)16-11-2-3-12(8-11)17(16)19(21)25/h2-7,11-12,16-17H,8-9H2,1H3,(H,20,22)/t11-,12-,16-,17-/m0/s1. The highest BCUT2D eigenvalue weighted by Gasteiger charge is 2.59. The van der Waals surface area contributed by atoms with Gasteiger partial charge in [0.05, 0.1) is 11.8 Å². The Morgan fingerprint density at radius 2 is 1.65 bits per heavy atom. The van der Waals surface area contributed by atoms with Gasteiger partial charge < -0.3 is 10.1 Å². The van der Waals surface area contributed by atoms with E-state index in [0.29, 0.717) is 5.69 Å². The molecule has 0 unspecified atom stereocenters. The summed E-state index contributed by atoms with van der Waals surface area (Å²) in [5, 5.41) is 2.61. The molecule has 1 aromatic rings. The zero-order valence-electron chi connectivity index (χ0n) is 14.2. The number of ether oxygens (including phenoxy) is 1. The molecule has 4 atom stereocenters. The molecule has 134 valence electrons. The molecule has 0 radical (unpaired) electrons. The largest absolute Gasteiger partial charge is 0.425 e. The first-order chi connectivity index (χ1) is 12.4. The van der Waals surface area contributed by atoms with Gasteiger partial charge in [-0.2, -0.15) is 0 Å². The molecule has 4 rings (SSSR count). The maximum atomic E-state index is 12.5. The van der Waals surface area contributed by atoms with Gasteiger partial charge in [0.15, 0.2) is 0 Å². The van der Waals surface area contributed by atoms with E-state index in [9.17, 15) is 19.2 Å². The van der Waals surface area contributed by atoms with Crippen LogP contribution in [0.2, 0.25) is 0 Å². The summed E-state index contributed by atoms with van der Waals surface area (Å²) < 4.78 is 5.21. The Morgan fingerprint density at radius 1 is 1.08 bits per heavy atom. The van der Waals surface area contributed by atoms with E-state index in [1.807, 2.05) is 12.2 Å². The van der Waals surface area contributed by atoms with Gasteiger partial charge in [-0.3, -0.25) is 19.3 Å². The lowest BCUT2D eigenvalue weighted by atomic mass is 9.85. The first-order valence-electron chi connectivity index (χ1n) is 8.56. The number of hydrogen-bond acceptors (Lipinski definition) is 5. The van der Waals surface area contributed by atoms with E-state index in [4.69, 9.17) is 4.74 Å². The average Bonchev–Trinajstić information content (AvgIpc) is 3.26. The van der Waals surface area contributed by atoms with Gasteiger partial charge in [-0.15, -0.1) is 0 Å². The van der Waals surface area contributed by atoms with Crippen LogP contribution in [-0.4, -0.2) is 35.1 Å². The van der Waals surface area contributed by atoms with Crippen molar-refractivity contribution in [3.63, 3.8) is 0 Å². The Bertz CT molecular complexity index is 799. The van der Waals surface area contributed by atoms with Gasteiger partial charge in [0, 0.05) is 12.6 Å². The number of rotatable bonds is 4. The number of nitrogens with zero attached hydrogens (tertiary/aromatic N) is 1. The second kappa shape index (κ2) is 6.09. The fourth-order valence-corrected chi connectivity index (χ4v) is 4.22. The molecule has 1 saturated carbocycles. The van der Waals surface area contributed by atoms with Crippen molar-refractivity contribution in [1.82, 2.24) is 4.90 Å². The Labute approximate surface area is 150 Å². The smallest absolute Gasteiger partial charge is 0.331 e. The van der Waals surface area contributed by atoms with Gasteiger partial charge in [-0.05, 0) is 42.5 Å². The molecule has 2 fully saturated rings.